The number of amides is 1. The largest absolute Gasteiger partial charge is 0.338 e. The van der Waals surface area contributed by atoms with Crippen molar-refractivity contribution < 1.29 is 13.6 Å². The van der Waals surface area contributed by atoms with Gasteiger partial charge in [-0.3, -0.25) is 4.79 Å². The zero-order valence-electron chi connectivity index (χ0n) is 17.1. The first kappa shape index (κ1) is 19.5. The molecule has 0 saturated carbocycles. The summed E-state index contributed by atoms with van der Waals surface area (Å²) in [4.78, 5) is 24.7. The van der Waals surface area contributed by atoms with Crippen LogP contribution in [0.3, 0.4) is 0 Å². The van der Waals surface area contributed by atoms with E-state index in [0.717, 1.165) is 5.57 Å². The Bertz CT molecular complexity index is 1180. The molecule has 2 unspecified atom stereocenters. The van der Waals surface area contributed by atoms with Crippen molar-refractivity contribution in [3.63, 3.8) is 0 Å². The first-order valence-corrected chi connectivity index (χ1v) is 10.1. The van der Waals surface area contributed by atoms with Crippen molar-refractivity contribution in [2.45, 2.75) is 20.3 Å². The molecule has 3 heterocycles. The molecule has 5 rings (SSSR count). The summed E-state index contributed by atoms with van der Waals surface area (Å²) >= 11 is 0. The number of rotatable bonds is 3. The van der Waals surface area contributed by atoms with Gasteiger partial charge < -0.3 is 4.90 Å². The summed E-state index contributed by atoms with van der Waals surface area (Å²) in [5.74, 6) is -0.479. The number of benzene rings is 1. The van der Waals surface area contributed by atoms with Gasteiger partial charge in [0.2, 0.25) is 0 Å². The lowest BCUT2D eigenvalue weighted by atomic mass is 10.00. The van der Waals surface area contributed by atoms with Crippen LogP contribution in [0.25, 0.3) is 11.3 Å². The predicted octanol–water partition coefficient (Wildman–Crippen LogP) is 3.13. The number of carbonyl (C=O) groups excluding carboxylic acids is 1. The molecule has 158 valence electrons. The van der Waals surface area contributed by atoms with E-state index in [1.165, 1.54) is 29.3 Å². The Hall–Kier alpha value is -3.49. The molecule has 2 aromatic heterocycles. The lowest BCUT2D eigenvalue weighted by molar-refractivity contribution is 0.0780. The first-order chi connectivity index (χ1) is 14.9. The Balaban J connectivity index is 1.39. The van der Waals surface area contributed by atoms with Crippen LogP contribution in [-0.2, 0) is 0 Å². The van der Waals surface area contributed by atoms with Gasteiger partial charge in [-0.15, -0.1) is 0 Å². The van der Waals surface area contributed by atoms with Crippen LogP contribution >= 0.6 is 0 Å². The Labute approximate surface area is 177 Å². The highest BCUT2D eigenvalue weighted by molar-refractivity contribution is 5.98. The van der Waals surface area contributed by atoms with Gasteiger partial charge in [-0.2, -0.15) is 15.0 Å². The van der Waals surface area contributed by atoms with Gasteiger partial charge >= 0.3 is 0 Å². The Morgan fingerprint density at radius 1 is 1.06 bits per heavy atom. The molecule has 1 amide bonds. The van der Waals surface area contributed by atoms with Crippen molar-refractivity contribution in [3.8, 4) is 5.69 Å². The highest BCUT2D eigenvalue weighted by atomic mass is 19.1. The van der Waals surface area contributed by atoms with Crippen LogP contribution in [0.1, 0.15) is 34.0 Å². The fraction of sp³-hybridized carbons (Fsp3) is 0.318. The topological polar surface area (TPSA) is 76.8 Å². The van der Waals surface area contributed by atoms with Crippen molar-refractivity contribution in [1.82, 2.24) is 29.9 Å². The summed E-state index contributed by atoms with van der Waals surface area (Å²) in [5, 5.41) is 8.07. The maximum atomic E-state index is 14.7. The van der Waals surface area contributed by atoms with Gasteiger partial charge in [0.05, 0.1) is 23.8 Å². The quantitative estimate of drug-likeness (QED) is 0.648. The third-order valence-electron chi connectivity index (χ3n) is 5.99. The lowest BCUT2D eigenvalue weighted by Gasteiger charge is -2.19. The van der Waals surface area contributed by atoms with E-state index in [2.05, 4.69) is 26.2 Å². The van der Waals surface area contributed by atoms with E-state index in [1.807, 2.05) is 0 Å². The van der Waals surface area contributed by atoms with E-state index in [4.69, 9.17) is 0 Å². The van der Waals surface area contributed by atoms with Crippen molar-refractivity contribution >= 4 is 11.5 Å². The van der Waals surface area contributed by atoms with Crippen LogP contribution in [0.2, 0.25) is 0 Å². The number of halogens is 2. The highest BCUT2D eigenvalue weighted by Gasteiger charge is 2.40. The molecule has 31 heavy (non-hydrogen) atoms. The molecule has 0 spiro atoms. The van der Waals surface area contributed by atoms with Crippen LogP contribution in [-0.4, -0.2) is 48.9 Å². The summed E-state index contributed by atoms with van der Waals surface area (Å²) < 4.78 is 28.5. The van der Waals surface area contributed by atoms with Gasteiger partial charge in [-0.05, 0) is 49.8 Å². The van der Waals surface area contributed by atoms with Gasteiger partial charge in [-0.25, -0.2) is 18.7 Å². The summed E-state index contributed by atoms with van der Waals surface area (Å²) in [6.07, 6.45) is 5.73. The summed E-state index contributed by atoms with van der Waals surface area (Å²) in [6, 6.07) is 4.43. The molecule has 0 bridgehead atoms. The minimum absolute atomic E-state index is 0.0315. The fourth-order valence-corrected chi connectivity index (χ4v) is 4.48. The van der Waals surface area contributed by atoms with Crippen LogP contribution in [0.4, 0.5) is 8.78 Å². The molecule has 1 aliphatic carbocycles. The lowest BCUT2D eigenvalue weighted by Crippen LogP contribution is -2.31. The maximum Gasteiger partial charge on any atom is 0.259 e. The van der Waals surface area contributed by atoms with E-state index in [9.17, 15) is 13.6 Å². The number of likely N-dealkylation sites (tertiary alicyclic amines) is 1. The third-order valence-corrected chi connectivity index (χ3v) is 5.99. The van der Waals surface area contributed by atoms with Crippen molar-refractivity contribution in [2.75, 3.05) is 13.1 Å². The summed E-state index contributed by atoms with van der Waals surface area (Å²) in [5.41, 5.74) is 1.92. The Kier molecular flexibility index (Phi) is 4.60. The second kappa shape index (κ2) is 7.33. The summed E-state index contributed by atoms with van der Waals surface area (Å²) in [7, 11) is 0. The average molecular weight is 422 g/mol. The van der Waals surface area contributed by atoms with E-state index >= 15 is 0 Å². The van der Waals surface area contributed by atoms with E-state index in [0.29, 0.717) is 42.4 Å². The molecule has 0 radical (unpaired) electrons. The van der Waals surface area contributed by atoms with Gasteiger partial charge in [0.1, 0.15) is 17.1 Å². The second-order valence-corrected chi connectivity index (χ2v) is 8.01. The zero-order valence-corrected chi connectivity index (χ0v) is 17.1. The smallest absolute Gasteiger partial charge is 0.259 e. The number of aromatic nitrogens is 5. The molecular formula is C22H20F2N6O. The normalized spacial score (nSPS) is 20.1. The molecule has 1 saturated heterocycles. The molecular weight excluding hydrogens is 402 g/mol. The predicted molar refractivity (Wildman–Crippen MR) is 108 cm³/mol. The molecule has 1 fully saturated rings. The SMILES string of the molecule is Cc1nc(C2=CC3CN(C(=O)c4c(F)cccc4-n4nccn4)CC3C2)nc(C)c1F. The van der Waals surface area contributed by atoms with Crippen LogP contribution in [0, 0.1) is 37.3 Å². The summed E-state index contributed by atoms with van der Waals surface area (Å²) in [6.45, 7) is 4.24. The fourth-order valence-electron chi connectivity index (χ4n) is 4.48. The Morgan fingerprint density at radius 3 is 2.45 bits per heavy atom. The minimum atomic E-state index is -0.598. The number of fused-ring (bicyclic) bond motifs is 1. The van der Waals surface area contributed by atoms with Gasteiger partial charge in [0.15, 0.2) is 11.6 Å². The van der Waals surface area contributed by atoms with Gasteiger partial charge in [-0.1, -0.05) is 12.1 Å². The van der Waals surface area contributed by atoms with Crippen LogP contribution in [0.15, 0.2) is 36.7 Å². The number of aryl methyl sites for hydroxylation is 2. The van der Waals surface area contributed by atoms with E-state index < -0.39 is 5.82 Å². The molecule has 2 aliphatic rings. The van der Waals surface area contributed by atoms with Gasteiger partial charge in [0, 0.05) is 13.1 Å². The van der Waals surface area contributed by atoms with Crippen LogP contribution in [0.5, 0.6) is 0 Å². The standard InChI is InChI=1S/C22H20F2N6O/c1-12-20(24)13(2)28-21(27-12)14-8-15-10-29(11-16(15)9-14)22(31)19-17(23)4-3-5-18(19)30-25-6-7-26-30/h3-8,15-16H,9-11H2,1-2H3. The molecule has 3 aromatic rings. The van der Waals surface area contributed by atoms with Crippen molar-refractivity contribution in [3.05, 3.63) is 71.1 Å². The van der Waals surface area contributed by atoms with Crippen molar-refractivity contribution in [2.24, 2.45) is 11.8 Å². The van der Waals surface area contributed by atoms with E-state index in [1.54, 1.807) is 24.8 Å². The minimum Gasteiger partial charge on any atom is -0.338 e. The highest BCUT2D eigenvalue weighted by Crippen LogP contribution is 2.41. The Morgan fingerprint density at radius 2 is 1.77 bits per heavy atom. The molecule has 9 heteroatoms. The maximum absolute atomic E-state index is 14.7. The zero-order chi connectivity index (χ0) is 21.7. The number of hydrogen-bond donors (Lipinski definition) is 0. The molecule has 0 N–H and O–H groups in total. The third kappa shape index (κ3) is 3.30. The number of carbonyl (C=O) groups is 1. The second-order valence-electron chi connectivity index (χ2n) is 8.01. The monoisotopic (exact) mass is 422 g/mol. The first-order valence-electron chi connectivity index (χ1n) is 10.1. The average Bonchev–Trinajstić information content (AvgIpc) is 3.47. The molecule has 7 nitrogen and oxygen atoms in total. The van der Waals surface area contributed by atoms with Crippen LogP contribution < -0.4 is 0 Å². The molecule has 1 aromatic carbocycles. The molecule has 1 aliphatic heterocycles. The number of hydrogen-bond acceptors (Lipinski definition) is 5. The number of allylic oxidation sites excluding steroid dienone is 1. The van der Waals surface area contributed by atoms with Gasteiger partial charge in [0.25, 0.3) is 5.91 Å². The number of nitrogens with zero attached hydrogens (tertiary/aromatic N) is 6. The van der Waals surface area contributed by atoms with E-state index in [-0.39, 0.29) is 29.1 Å². The van der Waals surface area contributed by atoms with Crippen molar-refractivity contribution in [1.29, 1.82) is 0 Å². The molecule has 2 atom stereocenters.